The molecule has 2 aromatic rings. The molecule has 0 aliphatic carbocycles. The van der Waals surface area contributed by atoms with Gasteiger partial charge in [0.1, 0.15) is 5.82 Å². The Labute approximate surface area is 122 Å². The van der Waals surface area contributed by atoms with Crippen molar-refractivity contribution in [1.82, 2.24) is 20.6 Å². The number of hydrogen-bond acceptors (Lipinski definition) is 4. The van der Waals surface area contributed by atoms with Crippen LogP contribution in [-0.4, -0.2) is 28.3 Å². The number of H-pyrrole nitrogens is 1. The molecule has 1 atom stereocenters. The van der Waals surface area contributed by atoms with Crippen LogP contribution in [0.3, 0.4) is 0 Å². The summed E-state index contributed by atoms with van der Waals surface area (Å²) in [5.41, 5.74) is 0. The third-order valence-corrected chi connectivity index (χ3v) is 2.98. The van der Waals surface area contributed by atoms with Gasteiger partial charge in [-0.15, -0.1) is 0 Å². The number of amides is 2. The van der Waals surface area contributed by atoms with Crippen LogP contribution in [0.25, 0.3) is 0 Å². The maximum absolute atomic E-state index is 11.8. The smallest absolute Gasteiger partial charge is 0.286 e. The molecule has 3 N–H and O–H groups in total. The zero-order valence-corrected chi connectivity index (χ0v) is 11.8. The van der Waals surface area contributed by atoms with Crippen LogP contribution >= 0.6 is 0 Å². The molecule has 2 aromatic heterocycles. The largest absolute Gasteiger partial charge is 0.459 e. The number of carbonyl (C=O) groups is 2. The third kappa shape index (κ3) is 4.20. The van der Waals surface area contributed by atoms with Crippen LogP contribution in [-0.2, 0) is 4.79 Å². The van der Waals surface area contributed by atoms with Gasteiger partial charge < -0.3 is 20.0 Å². The van der Waals surface area contributed by atoms with E-state index in [9.17, 15) is 9.59 Å². The minimum absolute atomic E-state index is 0.141. The Balaban J connectivity index is 1.73. The number of hydrogen-bond donors (Lipinski definition) is 3. The minimum atomic E-state index is -0.328. The highest BCUT2D eigenvalue weighted by Gasteiger charge is 2.15. The Morgan fingerprint density at radius 2 is 2.33 bits per heavy atom. The molecular formula is C14H18N4O3. The van der Waals surface area contributed by atoms with E-state index in [1.165, 1.54) is 6.26 Å². The van der Waals surface area contributed by atoms with Crippen LogP contribution in [0.1, 0.15) is 42.2 Å². The highest BCUT2D eigenvalue weighted by atomic mass is 16.3. The monoisotopic (exact) mass is 290 g/mol. The Morgan fingerprint density at radius 3 is 2.95 bits per heavy atom. The van der Waals surface area contributed by atoms with Gasteiger partial charge in [0.05, 0.1) is 12.3 Å². The summed E-state index contributed by atoms with van der Waals surface area (Å²) < 4.78 is 4.96. The molecule has 21 heavy (non-hydrogen) atoms. The molecule has 0 saturated heterocycles. The van der Waals surface area contributed by atoms with Gasteiger partial charge in [-0.1, -0.05) is 6.92 Å². The van der Waals surface area contributed by atoms with Crippen molar-refractivity contribution < 1.29 is 14.0 Å². The lowest BCUT2D eigenvalue weighted by atomic mass is 10.2. The van der Waals surface area contributed by atoms with Gasteiger partial charge in [-0.25, -0.2) is 4.98 Å². The lowest BCUT2D eigenvalue weighted by Gasteiger charge is -2.14. The Morgan fingerprint density at radius 1 is 1.48 bits per heavy atom. The summed E-state index contributed by atoms with van der Waals surface area (Å²) in [6.07, 6.45) is 5.72. The van der Waals surface area contributed by atoms with E-state index in [0.29, 0.717) is 0 Å². The van der Waals surface area contributed by atoms with Gasteiger partial charge in [-0.2, -0.15) is 0 Å². The molecule has 0 aromatic carbocycles. The summed E-state index contributed by atoms with van der Waals surface area (Å²) in [6.45, 7) is 2.21. The molecule has 2 rings (SSSR count). The fourth-order valence-electron chi connectivity index (χ4n) is 1.88. The van der Waals surface area contributed by atoms with Gasteiger partial charge >= 0.3 is 0 Å². The van der Waals surface area contributed by atoms with Crippen LogP contribution < -0.4 is 10.6 Å². The average molecular weight is 290 g/mol. The van der Waals surface area contributed by atoms with Crippen LogP contribution in [0.5, 0.6) is 0 Å². The lowest BCUT2D eigenvalue weighted by Crippen LogP contribution is -2.33. The first-order chi connectivity index (χ1) is 10.2. The summed E-state index contributed by atoms with van der Waals surface area (Å²) in [5.74, 6) is 0.492. The van der Waals surface area contributed by atoms with Crippen molar-refractivity contribution in [2.75, 3.05) is 6.54 Å². The summed E-state index contributed by atoms with van der Waals surface area (Å²) in [6, 6.07) is 3.06. The van der Waals surface area contributed by atoms with Crippen molar-refractivity contribution in [3.8, 4) is 0 Å². The lowest BCUT2D eigenvalue weighted by molar-refractivity contribution is -0.121. The first kappa shape index (κ1) is 14.8. The van der Waals surface area contributed by atoms with Crippen LogP contribution in [0.15, 0.2) is 35.2 Å². The molecule has 0 spiro atoms. The second-order valence-electron chi connectivity index (χ2n) is 4.49. The van der Waals surface area contributed by atoms with E-state index in [4.69, 9.17) is 4.42 Å². The van der Waals surface area contributed by atoms with Crippen molar-refractivity contribution in [3.05, 3.63) is 42.4 Å². The van der Waals surface area contributed by atoms with E-state index in [2.05, 4.69) is 20.6 Å². The fourth-order valence-corrected chi connectivity index (χ4v) is 1.88. The zero-order chi connectivity index (χ0) is 15.1. The third-order valence-electron chi connectivity index (χ3n) is 2.98. The Hall–Kier alpha value is -2.57. The van der Waals surface area contributed by atoms with Gasteiger partial charge in [0, 0.05) is 25.4 Å². The SMILES string of the molecule is CCC(NC(=O)CCNC(=O)c1ccco1)c1ncc[nH]1. The number of imidazole rings is 1. The van der Waals surface area contributed by atoms with Crippen molar-refractivity contribution >= 4 is 11.8 Å². The quantitative estimate of drug-likeness (QED) is 0.717. The number of furan rings is 1. The molecule has 1 unspecified atom stereocenters. The predicted octanol–water partition coefficient (Wildman–Crippen LogP) is 1.39. The number of rotatable bonds is 7. The second-order valence-corrected chi connectivity index (χ2v) is 4.49. The Kier molecular flexibility index (Phi) is 5.14. The number of aromatic nitrogens is 2. The van der Waals surface area contributed by atoms with Crippen LogP contribution in [0.2, 0.25) is 0 Å². The molecule has 0 aliphatic rings. The normalized spacial score (nSPS) is 11.9. The van der Waals surface area contributed by atoms with Crippen molar-refractivity contribution in [1.29, 1.82) is 0 Å². The summed E-state index contributed by atoms with van der Waals surface area (Å²) in [4.78, 5) is 30.6. The maximum Gasteiger partial charge on any atom is 0.286 e. The number of nitrogens with zero attached hydrogens (tertiary/aromatic N) is 1. The molecule has 2 heterocycles. The molecular weight excluding hydrogens is 272 g/mol. The van der Waals surface area contributed by atoms with E-state index in [0.717, 1.165) is 12.2 Å². The van der Waals surface area contributed by atoms with Gasteiger partial charge in [0.2, 0.25) is 5.91 Å². The van der Waals surface area contributed by atoms with Crippen molar-refractivity contribution in [2.24, 2.45) is 0 Å². The van der Waals surface area contributed by atoms with Gasteiger partial charge in [-0.3, -0.25) is 9.59 Å². The molecule has 0 aliphatic heterocycles. The molecule has 0 radical (unpaired) electrons. The highest BCUT2D eigenvalue weighted by Crippen LogP contribution is 2.11. The number of nitrogens with one attached hydrogen (secondary N) is 3. The zero-order valence-electron chi connectivity index (χ0n) is 11.8. The van der Waals surface area contributed by atoms with Gasteiger partial charge in [-0.05, 0) is 18.6 Å². The minimum Gasteiger partial charge on any atom is -0.459 e. The van der Waals surface area contributed by atoms with Gasteiger partial charge in [0.15, 0.2) is 5.76 Å². The number of aromatic amines is 1. The van der Waals surface area contributed by atoms with E-state index < -0.39 is 0 Å². The fraction of sp³-hybridized carbons (Fsp3) is 0.357. The molecule has 0 fully saturated rings. The van der Waals surface area contributed by atoms with Crippen molar-refractivity contribution in [3.63, 3.8) is 0 Å². The van der Waals surface area contributed by atoms with E-state index in [-0.39, 0.29) is 36.6 Å². The van der Waals surface area contributed by atoms with Crippen molar-refractivity contribution in [2.45, 2.75) is 25.8 Å². The second kappa shape index (κ2) is 7.28. The molecule has 0 bridgehead atoms. The number of carbonyl (C=O) groups excluding carboxylic acids is 2. The highest BCUT2D eigenvalue weighted by molar-refractivity contribution is 5.91. The van der Waals surface area contributed by atoms with E-state index in [1.54, 1.807) is 24.5 Å². The van der Waals surface area contributed by atoms with Gasteiger partial charge in [0.25, 0.3) is 5.91 Å². The standard InChI is InChI=1S/C14H18N4O3/c1-2-10(13-15-7-8-16-13)18-12(19)5-6-17-14(20)11-4-3-9-21-11/h3-4,7-10H,2,5-6H2,1H3,(H,15,16)(H,17,20)(H,18,19). The first-order valence-corrected chi connectivity index (χ1v) is 6.81. The Bertz CT molecular complexity index is 563. The molecule has 112 valence electrons. The predicted molar refractivity (Wildman–Crippen MR) is 75.4 cm³/mol. The summed E-state index contributed by atoms with van der Waals surface area (Å²) in [5, 5.41) is 5.50. The van der Waals surface area contributed by atoms with Crippen LogP contribution in [0, 0.1) is 0 Å². The van der Waals surface area contributed by atoms with Crippen LogP contribution in [0.4, 0.5) is 0 Å². The van der Waals surface area contributed by atoms with E-state index in [1.807, 2.05) is 6.92 Å². The first-order valence-electron chi connectivity index (χ1n) is 6.81. The summed E-state index contributed by atoms with van der Waals surface area (Å²) in [7, 11) is 0. The molecule has 0 saturated carbocycles. The summed E-state index contributed by atoms with van der Waals surface area (Å²) >= 11 is 0. The topological polar surface area (TPSA) is 100 Å². The maximum atomic E-state index is 11.8. The molecule has 7 heteroatoms. The average Bonchev–Trinajstić information content (AvgIpc) is 3.17. The molecule has 2 amide bonds. The van der Waals surface area contributed by atoms with E-state index >= 15 is 0 Å². The molecule has 7 nitrogen and oxygen atoms in total.